The van der Waals surface area contributed by atoms with E-state index in [1.807, 2.05) is 24.3 Å². The lowest BCUT2D eigenvalue weighted by Gasteiger charge is -2.25. The van der Waals surface area contributed by atoms with Crippen LogP contribution in [0.5, 0.6) is 0 Å². The van der Waals surface area contributed by atoms with Crippen LogP contribution in [0.1, 0.15) is 53.9 Å². The fourth-order valence-electron chi connectivity index (χ4n) is 7.12. The van der Waals surface area contributed by atoms with Crippen molar-refractivity contribution in [2.24, 2.45) is 0 Å². The molecule has 2 aliphatic rings. The van der Waals surface area contributed by atoms with Gasteiger partial charge in [-0.3, -0.25) is 14.4 Å². The summed E-state index contributed by atoms with van der Waals surface area (Å²) in [5.41, 5.74) is 6.12. The molecule has 1 heterocycles. The Hall–Kier alpha value is -5.17. The molecule has 0 bridgehead atoms. The van der Waals surface area contributed by atoms with Crippen LogP contribution in [0.3, 0.4) is 0 Å². The van der Waals surface area contributed by atoms with E-state index in [2.05, 4.69) is 29.6 Å². The highest BCUT2D eigenvalue weighted by Gasteiger charge is 2.40. The monoisotopic (exact) mass is 752 g/mol. The van der Waals surface area contributed by atoms with Crippen LogP contribution in [0.25, 0.3) is 11.1 Å². The van der Waals surface area contributed by atoms with Gasteiger partial charge in [-0.05, 0) is 64.8 Å². The summed E-state index contributed by atoms with van der Waals surface area (Å²) < 4.78 is 43.8. The molecule has 0 unspecified atom stereocenters. The maximum Gasteiger partial charge on any atom is 0.328 e. The van der Waals surface area contributed by atoms with Crippen molar-refractivity contribution in [3.63, 3.8) is 0 Å². The Morgan fingerprint density at radius 2 is 1.46 bits per heavy atom. The van der Waals surface area contributed by atoms with Crippen molar-refractivity contribution < 1.29 is 41.8 Å². The minimum absolute atomic E-state index is 0.000954. The van der Waals surface area contributed by atoms with Gasteiger partial charge in [0.05, 0.1) is 12.0 Å². The molecule has 282 valence electrons. The van der Waals surface area contributed by atoms with E-state index in [0.717, 1.165) is 16.7 Å². The molecule has 1 amide bonds. The van der Waals surface area contributed by atoms with Crippen molar-refractivity contribution in [2.45, 2.75) is 61.4 Å². The number of hydrogen-bond acceptors (Lipinski definition) is 9. The predicted octanol–water partition coefficient (Wildman–Crippen LogP) is 5.00. The third-order valence-electron chi connectivity index (χ3n) is 9.83. The number of ketones is 1. The molecule has 0 aromatic heterocycles. The maximum atomic E-state index is 13.3. The molecule has 0 spiro atoms. The van der Waals surface area contributed by atoms with Crippen molar-refractivity contribution in [3.8, 4) is 11.1 Å². The Morgan fingerprint density at radius 3 is 2.13 bits per heavy atom. The van der Waals surface area contributed by atoms with E-state index in [0.29, 0.717) is 24.8 Å². The van der Waals surface area contributed by atoms with E-state index in [4.69, 9.17) is 14.2 Å². The van der Waals surface area contributed by atoms with E-state index >= 15 is 0 Å². The Kier molecular flexibility index (Phi) is 12.7. The van der Waals surface area contributed by atoms with E-state index in [1.165, 1.54) is 34.7 Å². The van der Waals surface area contributed by atoms with Crippen LogP contribution in [-0.4, -0.2) is 81.9 Å². The minimum Gasteiger partial charge on any atom is -0.467 e. The van der Waals surface area contributed by atoms with Crippen LogP contribution in [-0.2, 0) is 56.3 Å². The second kappa shape index (κ2) is 17.8. The molecule has 6 rings (SSSR count). The summed E-state index contributed by atoms with van der Waals surface area (Å²) in [4.78, 5) is 51.2. The van der Waals surface area contributed by atoms with Gasteiger partial charge in [0, 0.05) is 38.3 Å². The summed E-state index contributed by atoms with van der Waals surface area (Å²) >= 11 is 0. The number of esters is 2. The molecule has 4 aromatic carbocycles. The molecule has 1 saturated heterocycles. The predicted molar refractivity (Wildman–Crippen MR) is 201 cm³/mol. The lowest BCUT2D eigenvalue weighted by Crippen LogP contribution is -2.51. The first-order chi connectivity index (χ1) is 26.2. The number of amides is 1. The summed E-state index contributed by atoms with van der Waals surface area (Å²) in [7, 11) is -2.68. The average molecular weight is 753 g/mol. The highest BCUT2D eigenvalue weighted by atomic mass is 32.2. The van der Waals surface area contributed by atoms with Gasteiger partial charge in [0.2, 0.25) is 15.9 Å². The van der Waals surface area contributed by atoms with Crippen molar-refractivity contribution in [3.05, 3.63) is 125 Å². The number of rotatable bonds is 17. The number of Topliss-reactive ketones (excluding diaryl/α,β-unsaturated/α-hetero) is 1. The van der Waals surface area contributed by atoms with E-state index < -0.39 is 34.0 Å². The Morgan fingerprint density at radius 1 is 0.833 bits per heavy atom. The second-order valence-corrected chi connectivity index (χ2v) is 15.4. The van der Waals surface area contributed by atoms with Crippen LogP contribution in [0, 0.1) is 0 Å². The summed E-state index contributed by atoms with van der Waals surface area (Å²) in [6.45, 7) is 0.613. The van der Waals surface area contributed by atoms with Gasteiger partial charge in [-0.1, -0.05) is 91.0 Å². The number of methoxy groups -OCH3 is 1. The fourth-order valence-corrected chi connectivity index (χ4v) is 8.80. The van der Waals surface area contributed by atoms with Crippen molar-refractivity contribution >= 4 is 33.7 Å². The molecule has 12 heteroatoms. The number of sulfonamides is 1. The quantitative estimate of drug-likeness (QED) is 0.116. The van der Waals surface area contributed by atoms with Gasteiger partial charge in [-0.2, -0.15) is 4.31 Å². The molecule has 1 aliphatic carbocycles. The normalized spacial score (nSPS) is 15.9. The average Bonchev–Trinajstić information content (AvgIpc) is 3.82. The Bertz CT molecular complexity index is 2020. The van der Waals surface area contributed by atoms with E-state index in [9.17, 15) is 27.6 Å². The number of nitrogens with one attached hydrogen (secondary N) is 1. The van der Waals surface area contributed by atoms with Crippen LogP contribution in [0.4, 0.5) is 0 Å². The molecule has 0 radical (unpaired) electrons. The smallest absolute Gasteiger partial charge is 0.328 e. The SMILES string of the molecule is COC(=O)[C@H](Cc1ccc(CC(=O)COCCCC(=O)OCC2c3ccccc3-c3ccccc32)cc1)NC(=O)[C@@H]1CCCN1S(=O)(=O)c1ccccc1. The van der Waals surface area contributed by atoms with Gasteiger partial charge in [-0.15, -0.1) is 0 Å². The van der Waals surface area contributed by atoms with Crippen LogP contribution >= 0.6 is 0 Å². The number of fused-ring (bicyclic) bond motifs is 3. The standard InChI is InChI=1S/C42H44N2O9S/c1-51-42(48)38(43-41(47)39-17-9-23-44(39)54(49,50)32-11-3-2-4-12-32)26-30-21-19-29(20-22-30)25-31(45)27-52-24-10-18-40(46)53-28-37-35-15-7-5-13-33(35)34-14-6-8-16-36(34)37/h2-8,11-16,19-22,37-39H,9-10,17-18,23-28H2,1H3,(H,43,47)/t38-,39-/m0/s1. The molecule has 2 atom stereocenters. The van der Waals surface area contributed by atoms with Gasteiger partial charge in [0.15, 0.2) is 5.78 Å². The molecule has 11 nitrogen and oxygen atoms in total. The lowest BCUT2D eigenvalue weighted by atomic mass is 9.98. The maximum absolute atomic E-state index is 13.3. The lowest BCUT2D eigenvalue weighted by molar-refractivity contribution is -0.145. The summed E-state index contributed by atoms with van der Waals surface area (Å²) in [6, 6.07) is 29.4. The molecule has 0 saturated carbocycles. The summed E-state index contributed by atoms with van der Waals surface area (Å²) in [5.74, 6) is -1.66. The van der Waals surface area contributed by atoms with Gasteiger partial charge >= 0.3 is 11.9 Å². The molecule has 1 N–H and O–H groups in total. The fraction of sp³-hybridized carbons (Fsp3) is 0.333. The molecule has 4 aromatic rings. The molecular weight excluding hydrogens is 709 g/mol. The zero-order valence-electron chi connectivity index (χ0n) is 30.1. The topological polar surface area (TPSA) is 145 Å². The minimum atomic E-state index is -3.90. The molecule has 1 aliphatic heterocycles. The van der Waals surface area contributed by atoms with Crippen molar-refractivity contribution in [1.29, 1.82) is 0 Å². The number of benzene rings is 4. The third kappa shape index (κ3) is 9.12. The van der Waals surface area contributed by atoms with Gasteiger partial charge in [0.25, 0.3) is 0 Å². The van der Waals surface area contributed by atoms with Crippen molar-refractivity contribution in [2.75, 3.05) is 33.5 Å². The van der Waals surface area contributed by atoms with Crippen molar-refractivity contribution in [1.82, 2.24) is 9.62 Å². The Labute approximate surface area is 315 Å². The number of carbonyl (C=O) groups excluding carboxylic acids is 4. The van der Waals surface area contributed by atoms with Crippen LogP contribution < -0.4 is 5.32 Å². The number of nitrogens with zero attached hydrogens (tertiary/aromatic N) is 1. The Balaban J connectivity index is 0.918. The largest absolute Gasteiger partial charge is 0.467 e. The highest BCUT2D eigenvalue weighted by molar-refractivity contribution is 7.89. The van der Waals surface area contributed by atoms with E-state index in [1.54, 1.807) is 42.5 Å². The van der Waals surface area contributed by atoms with E-state index in [-0.39, 0.29) is 68.2 Å². The van der Waals surface area contributed by atoms with Gasteiger partial charge in [0.1, 0.15) is 25.3 Å². The third-order valence-corrected chi connectivity index (χ3v) is 11.8. The first kappa shape index (κ1) is 38.6. The molecular formula is C42H44N2O9S. The first-order valence-electron chi connectivity index (χ1n) is 18.1. The molecule has 1 fully saturated rings. The van der Waals surface area contributed by atoms with Gasteiger partial charge in [-0.25, -0.2) is 13.2 Å². The number of hydrogen-bond donors (Lipinski definition) is 1. The van der Waals surface area contributed by atoms with Crippen LogP contribution in [0.2, 0.25) is 0 Å². The summed E-state index contributed by atoms with van der Waals surface area (Å²) in [6.07, 6.45) is 1.70. The van der Waals surface area contributed by atoms with Crippen LogP contribution in [0.15, 0.2) is 108 Å². The second-order valence-electron chi connectivity index (χ2n) is 13.5. The zero-order chi connectivity index (χ0) is 38.1. The highest BCUT2D eigenvalue weighted by Crippen LogP contribution is 2.44. The van der Waals surface area contributed by atoms with Gasteiger partial charge < -0.3 is 19.5 Å². The summed E-state index contributed by atoms with van der Waals surface area (Å²) in [5, 5.41) is 2.71. The number of carbonyl (C=O) groups is 4. The number of ether oxygens (including phenoxy) is 3. The zero-order valence-corrected chi connectivity index (χ0v) is 31.0. The molecule has 54 heavy (non-hydrogen) atoms. The first-order valence-corrected chi connectivity index (χ1v) is 19.6.